The minimum Gasteiger partial charge on any atom is -0.460 e. The van der Waals surface area contributed by atoms with Crippen LogP contribution in [0.25, 0.3) is 0 Å². The zero-order valence-electron chi connectivity index (χ0n) is 9.34. The third-order valence-electron chi connectivity index (χ3n) is 1.97. The topological polar surface area (TPSA) is 98.5 Å². The lowest BCUT2D eigenvalue weighted by Crippen LogP contribution is -2.20. The Kier molecular flexibility index (Phi) is 4.62. The summed E-state index contributed by atoms with van der Waals surface area (Å²) >= 11 is 0. The number of ether oxygens (including phenoxy) is 1. The predicted molar refractivity (Wildman–Crippen MR) is 61.5 cm³/mol. The minimum atomic E-state index is -3.68. The van der Waals surface area contributed by atoms with Crippen LogP contribution in [0.15, 0.2) is 29.2 Å². The minimum absolute atomic E-state index is 0.0304. The molecule has 0 bridgehead atoms. The molecule has 0 spiro atoms. The Labute approximate surface area is 99.8 Å². The molecular weight excluding hydrogens is 244 g/mol. The van der Waals surface area contributed by atoms with Crippen molar-refractivity contribution >= 4 is 16.0 Å². The summed E-state index contributed by atoms with van der Waals surface area (Å²) in [7, 11) is -2.04. The molecule has 0 unspecified atom stereocenters. The maximum absolute atomic E-state index is 11.0. The summed E-state index contributed by atoms with van der Waals surface area (Å²) in [6, 6.07) is 5.84. The lowest BCUT2D eigenvalue weighted by atomic mass is 10.2. The van der Waals surface area contributed by atoms with Crippen molar-refractivity contribution < 1.29 is 17.9 Å². The van der Waals surface area contributed by atoms with Crippen molar-refractivity contribution in [1.29, 1.82) is 0 Å². The molecule has 0 heterocycles. The summed E-state index contributed by atoms with van der Waals surface area (Å²) in [5.74, 6) is -0.372. The summed E-state index contributed by atoms with van der Waals surface area (Å²) in [4.78, 5) is 11.1. The Hall–Kier alpha value is -1.44. The normalized spacial score (nSPS) is 11.2. The molecule has 0 saturated heterocycles. The van der Waals surface area contributed by atoms with Crippen molar-refractivity contribution in [2.75, 3.05) is 13.6 Å². The molecule has 3 N–H and O–H groups in total. The monoisotopic (exact) mass is 258 g/mol. The number of carbonyl (C=O) groups is 1. The van der Waals surface area contributed by atoms with Gasteiger partial charge in [0, 0.05) is 0 Å². The van der Waals surface area contributed by atoms with Crippen molar-refractivity contribution in [3.05, 3.63) is 29.8 Å². The molecule has 0 saturated carbocycles. The number of hydrogen-bond acceptors (Lipinski definition) is 5. The van der Waals surface area contributed by atoms with Crippen LogP contribution in [0.4, 0.5) is 0 Å². The highest BCUT2D eigenvalue weighted by molar-refractivity contribution is 7.89. The van der Waals surface area contributed by atoms with Gasteiger partial charge in [-0.1, -0.05) is 12.1 Å². The van der Waals surface area contributed by atoms with E-state index in [1.807, 2.05) is 0 Å². The third-order valence-corrected chi connectivity index (χ3v) is 2.90. The average molecular weight is 258 g/mol. The van der Waals surface area contributed by atoms with Crippen molar-refractivity contribution in [3.63, 3.8) is 0 Å². The van der Waals surface area contributed by atoms with Gasteiger partial charge in [0.2, 0.25) is 10.0 Å². The molecule has 7 heteroatoms. The zero-order valence-corrected chi connectivity index (χ0v) is 10.2. The first-order valence-electron chi connectivity index (χ1n) is 4.85. The van der Waals surface area contributed by atoms with Gasteiger partial charge in [-0.15, -0.1) is 0 Å². The van der Waals surface area contributed by atoms with Gasteiger partial charge < -0.3 is 10.1 Å². The largest absolute Gasteiger partial charge is 0.460 e. The van der Waals surface area contributed by atoms with Crippen LogP contribution in [0, 0.1) is 0 Å². The molecular formula is C10H14N2O4S. The molecule has 17 heavy (non-hydrogen) atoms. The van der Waals surface area contributed by atoms with Gasteiger partial charge in [0.05, 0.1) is 11.4 Å². The first-order chi connectivity index (χ1) is 7.93. The van der Waals surface area contributed by atoms with E-state index in [0.717, 1.165) is 0 Å². The van der Waals surface area contributed by atoms with Gasteiger partial charge in [0.25, 0.3) is 0 Å². The summed E-state index contributed by atoms with van der Waals surface area (Å²) < 4.78 is 26.9. The molecule has 1 aromatic rings. The Morgan fingerprint density at radius 1 is 1.35 bits per heavy atom. The summed E-state index contributed by atoms with van der Waals surface area (Å²) in [5, 5.41) is 7.61. The van der Waals surface area contributed by atoms with Gasteiger partial charge in [-0.3, -0.25) is 4.79 Å². The lowest BCUT2D eigenvalue weighted by molar-refractivity contribution is -0.143. The quantitative estimate of drug-likeness (QED) is 0.700. The molecule has 94 valence electrons. The van der Waals surface area contributed by atoms with E-state index in [9.17, 15) is 13.2 Å². The second-order valence-electron chi connectivity index (χ2n) is 3.38. The van der Waals surface area contributed by atoms with E-state index in [4.69, 9.17) is 9.88 Å². The van der Waals surface area contributed by atoms with Gasteiger partial charge in [0.1, 0.15) is 6.61 Å². The highest BCUT2D eigenvalue weighted by Crippen LogP contribution is 2.09. The molecule has 0 aromatic heterocycles. The Morgan fingerprint density at radius 2 is 1.94 bits per heavy atom. The van der Waals surface area contributed by atoms with Crippen molar-refractivity contribution in [1.82, 2.24) is 5.32 Å². The fourth-order valence-electron chi connectivity index (χ4n) is 1.13. The first-order valence-corrected chi connectivity index (χ1v) is 6.40. The van der Waals surface area contributed by atoms with Crippen LogP contribution < -0.4 is 10.5 Å². The SMILES string of the molecule is CNCC(=O)OCc1ccc(S(N)(=O)=O)cc1. The standard InChI is InChI=1S/C10H14N2O4S/c1-12-6-10(13)16-7-8-2-4-9(5-3-8)17(11,14)15/h2-5,12H,6-7H2,1H3,(H2,11,14,15). The van der Waals surface area contributed by atoms with E-state index in [1.54, 1.807) is 19.2 Å². The van der Waals surface area contributed by atoms with Crippen LogP contribution in [0.1, 0.15) is 5.56 Å². The molecule has 0 radical (unpaired) electrons. The predicted octanol–water partition coefficient (Wildman–Crippen LogP) is -0.403. The number of rotatable bonds is 5. The van der Waals surface area contributed by atoms with E-state index >= 15 is 0 Å². The van der Waals surface area contributed by atoms with E-state index in [2.05, 4.69) is 5.32 Å². The number of primary sulfonamides is 1. The van der Waals surface area contributed by atoms with E-state index in [-0.39, 0.29) is 24.0 Å². The zero-order chi connectivity index (χ0) is 12.9. The number of benzene rings is 1. The van der Waals surface area contributed by atoms with E-state index < -0.39 is 10.0 Å². The first kappa shape index (κ1) is 13.6. The number of nitrogens with one attached hydrogen (secondary N) is 1. The molecule has 6 nitrogen and oxygen atoms in total. The highest BCUT2D eigenvalue weighted by atomic mass is 32.2. The van der Waals surface area contributed by atoms with Gasteiger partial charge in [0.15, 0.2) is 0 Å². The van der Waals surface area contributed by atoms with Crippen LogP contribution in [0.2, 0.25) is 0 Å². The van der Waals surface area contributed by atoms with Gasteiger partial charge in [-0.25, -0.2) is 13.6 Å². The molecule has 0 amide bonds. The van der Waals surface area contributed by atoms with Gasteiger partial charge in [-0.05, 0) is 24.7 Å². The molecule has 0 aliphatic rings. The third kappa shape index (κ3) is 4.51. The number of carbonyl (C=O) groups excluding carboxylic acids is 1. The molecule has 1 rings (SSSR count). The number of sulfonamides is 1. The average Bonchev–Trinajstić information content (AvgIpc) is 2.26. The number of likely N-dealkylation sites (N-methyl/N-ethyl adjacent to an activating group) is 1. The van der Waals surface area contributed by atoms with Crippen LogP contribution in [0.3, 0.4) is 0 Å². The van der Waals surface area contributed by atoms with Crippen LogP contribution in [0.5, 0.6) is 0 Å². The second-order valence-corrected chi connectivity index (χ2v) is 4.94. The summed E-state index contributed by atoms with van der Waals surface area (Å²) in [6.07, 6.45) is 0. The summed E-state index contributed by atoms with van der Waals surface area (Å²) in [5.41, 5.74) is 0.696. The van der Waals surface area contributed by atoms with Crippen molar-refractivity contribution in [3.8, 4) is 0 Å². The Morgan fingerprint density at radius 3 is 2.41 bits per heavy atom. The fraction of sp³-hybridized carbons (Fsp3) is 0.300. The molecule has 0 fully saturated rings. The van der Waals surface area contributed by atoms with E-state index in [1.165, 1.54) is 12.1 Å². The van der Waals surface area contributed by atoms with Gasteiger partial charge in [-0.2, -0.15) is 0 Å². The Bertz CT molecular complexity index is 482. The fourth-order valence-corrected chi connectivity index (χ4v) is 1.65. The molecule has 0 aliphatic heterocycles. The number of nitrogens with two attached hydrogens (primary N) is 1. The van der Waals surface area contributed by atoms with Crippen molar-refractivity contribution in [2.45, 2.75) is 11.5 Å². The molecule has 1 aromatic carbocycles. The van der Waals surface area contributed by atoms with Crippen LogP contribution >= 0.6 is 0 Å². The van der Waals surface area contributed by atoms with Crippen LogP contribution in [-0.4, -0.2) is 28.0 Å². The number of hydrogen-bond donors (Lipinski definition) is 2. The van der Waals surface area contributed by atoms with E-state index in [0.29, 0.717) is 5.56 Å². The lowest BCUT2D eigenvalue weighted by Gasteiger charge is -2.05. The number of esters is 1. The van der Waals surface area contributed by atoms with Crippen molar-refractivity contribution in [2.24, 2.45) is 5.14 Å². The summed E-state index contributed by atoms with van der Waals surface area (Å²) in [6.45, 7) is 0.237. The highest BCUT2D eigenvalue weighted by Gasteiger charge is 2.07. The van der Waals surface area contributed by atoms with Crippen LogP contribution in [-0.2, 0) is 26.2 Å². The smallest absolute Gasteiger partial charge is 0.320 e. The second kappa shape index (κ2) is 5.76. The maximum Gasteiger partial charge on any atom is 0.320 e. The maximum atomic E-state index is 11.0. The molecule has 0 aliphatic carbocycles. The molecule has 0 atom stereocenters. The van der Waals surface area contributed by atoms with Gasteiger partial charge >= 0.3 is 5.97 Å². The Balaban J connectivity index is 2.60.